The minimum Gasteiger partial charge on any atom is -0.393 e. The van der Waals surface area contributed by atoms with Crippen LogP contribution < -0.4 is 16.4 Å². The highest BCUT2D eigenvalue weighted by molar-refractivity contribution is 5.97. The van der Waals surface area contributed by atoms with E-state index in [1.807, 2.05) is 24.3 Å². The molecule has 0 radical (unpaired) electrons. The van der Waals surface area contributed by atoms with E-state index in [9.17, 15) is 9.90 Å². The van der Waals surface area contributed by atoms with Crippen molar-refractivity contribution in [3.8, 4) is 11.3 Å². The summed E-state index contributed by atoms with van der Waals surface area (Å²) < 4.78 is 0. The number of hydrogen-bond acceptors (Lipinski definition) is 5. The summed E-state index contributed by atoms with van der Waals surface area (Å²) in [6, 6.07) is 11.5. The molecule has 1 aliphatic rings. The highest BCUT2D eigenvalue weighted by atomic mass is 16.3. The zero-order valence-corrected chi connectivity index (χ0v) is 15.6. The first kappa shape index (κ1) is 18.2. The van der Waals surface area contributed by atoms with Crippen molar-refractivity contribution in [1.29, 1.82) is 0 Å². The quantitative estimate of drug-likeness (QED) is 0.558. The summed E-state index contributed by atoms with van der Waals surface area (Å²) in [4.78, 5) is 20.9. The van der Waals surface area contributed by atoms with Gasteiger partial charge in [-0.25, -0.2) is 14.8 Å². The number of anilines is 2. The van der Waals surface area contributed by atoms with E-state index in [1.165, 1.54) is 5.56 Å². The van der Waals surface area contributed by atoms with Gasteiger partial charge in [0.05, 0.1) is 11.8 Å². The zero-order valence-electron chi connectivity index (χ0n) is 15.6. The summed E-state index contributed by atoms with van der Waals surface area (Å²) in [5, 5.41) is 16.5. The topological polar surface area (TPSA) is 113 Å². The first-order valence-corrected chi connectivity index (χ1v) is 9.43. The largest absolute Gasteiger partial charge is 0.393 e. The number of carbonyl (C=O) groups excluding carboxylic acids is 1. The fourth-order valence-corrected chi connectivity index (χ4v) is 3.50. The zero-order chi connectivity index (χ0) is 19.7. The van der Waals surface area contributed by atoms with Crippen LogP contribution in [-0.2, 0) is 6.42 Å². The van der Waals surface area contributed by atoms with Crippen LogP contribution in [0.3, 0.4) is 0 Å². The van der Waals surface area contributed by atoms with Crippen LogP contribution in [0.5, 0.6) is 0 Å². The van der Waals surface area contributed by atoms with Crippen molar-refractivity contribution in [2.75, 3.05) is 11.1 Å². The molecule has 3 aromatic rings. The first-order chi connectivity index (χ1) is 13.5. The van der Waals surface area contributed by atoms with Crippen LogP contribution >= 0.6 is 0 Å². The molecule has 1 aromatic carbocycles. The molecule has 5 N–H and O–H groups in total. The number of aromatic nitrogens is 2. The molecule has 0 bridgehead atoms. The smallest absolute Gasteiger partial charge is 0.320 e. The number of rotatable bonds is 4. The van der Waals surface area contributed by atoms with Crippen molar-refractivity contribution >= 4 is 28.4 Å². The second-order valence-electron chi connectivity index (χ2n) is 7.11. The predicted octanol–water partition coefficient (Wildman–Crippen LogP) is 3.09. The minimum atomic E-state index is -0.331. The maximum atomic E-state index is 12.1. The Kier molecular flexibility index (Phi) is 4.83. The van der Waals surface area contributed by atoms with E-state index in [4.69, 9.17) is 5.73 Å². The number of amides is 2. The van der Waals surface area contributed by atoms with Crippen LogP contribution in [0.4, 0.5) is 16.4 Å². The number of aryl methyl sites for hydroxylation is 1. The Bertz CT molecular complexity index is 1030. The van der Waals surface area contributed by atoms with Crippen molar-refractivity contribution in [3.63, 3.8) is 0 Å². The minimum absolute atomic E-state index is 0.00690. The number of hydrogen-bond donors (Lipinski definition) is 4. The molecule has 144 valence electrons. The molecular formula is C21H23N5O2. The van der Waals surface area contributed by atoms with Gasteiger partial charge in [-0.2, -0.15) is 0 Å². The molecule has 0 saturated heterocycles. The lowest BCUT2D eigenvalue weighted by molar-refractivity contribution is 0.0671. The van der Waals surface area contributed by atoms with Crippen LogP contribution in [0.1, 0.15) is 25.3 Å². The average molecular weight is 377 g/mol. The lowest BCUT2D eigenvalue weighted by atomic mass is 9.90. The Balaban J connectivity index is 1.62. The number of nitrogens with two attached hydrogens (primary N) is 1. The molecule has 7 heteroatoms. The third kappa shape index (κ3) is 3.61. The number of nitrogen functional groups attached to an aromatic ring is 1. The molecule has 1 fully saturated rings. The Hall–Kier alpha value is -3.19. The summed E-state index contributed by atoms with van der Waals surface area (Å²) in [6.45, 7) is 2.11. The van der Waals surface area contributed by atoms with Gasteiger partial charge in [-0.15, -0.1) is 0 Å². The Morgan fingerprint density at radius 3 is 2.82 bits per heavy atom. The van der Waals surface area contributed by atoms with Crippen molar-refractivity contribution in [2.24, 2.45) is 0 Å². The molecular weight excluding hydrogens is 354 g/mol. The molecule has 1 saturated carbocycles. The third-order valence-electron chi connectivity index (χ3n) is 5.11. The molecule has 28 heavy (non-hydrogen) atoms. The van der Waals surface area contributed by atoms with Gasteiger partial charge >= 0.3 is 6.03 Å². The van der Waals surface area contributed by atoms with Crippen LogP contribution in [-0.4, -0.2) is 33.3 Å². The number of benzene rings is 1. The van der Waals surface area contributed by atoms with Gasteiger partial charge in [0, 0.05) is 23.2 Å². The standard InChI is InChI=1S/C21H23N5O2/c1-2-12-5-3-4-6-16(12)18-7-13-8-19(23-11-17(13)20(22)25-18)26-21(28)24-14-9-15(27)10-14/h3-8,11,14-15,27H,2,9-10H2,1H3,(H2,22,25)(H2,23,24,26,28). The van der Waals surface area contributed by atoms with Crippen molar-refractivity contribution in [1.82, 2.24) is 15.3 Å². The molecule has 2 aromatic heterocycles. The van der Waals surface area contributed by atoms with Crippen LogP contribution in [0.25, 0.3) is 22.0 Å². The van der Waals surface area contributed by atoms with Crippen LogP contribution in [0.15, 0.2) is 42.6 Å². The second kappa shape index (κ2) is 7.44. The summed E-state index contributed by atoms with van der Waals surface area (Å²) in [5.74, 6) is 0.843. The lowest BCUT2D eigenvalue weighted by Crippen LogP contribution is -2.48. The fraction of sp³-hybridized carbons (Fsp3) is 0.286. The van der Waals surface area contributed by atoms with Crippen molar-refractivity contribution < 1.29 is 9.90 Å². The van der Waals surface area contributed by atoms with Gasteiger partial charge in [-0.05, 0) is 42.3 Å². The molecule has 2 heterocycles. The van der Waals surface area contributed by atoms with E-state index in [1.54, 1.807) is 12.3 Å². The molecule has 0 spiro atoms. The summed E-state index contributed by atoms with van der Waals surface area (Å²) >= 11 is 0. The molecule has 0 atom stereocenters. The Labute approximate surface area is 163 Å². The number of aliphatic hydroxyl groups excluding tert-OH is 1. The van der Waals surface area contributed by atoms with Crippen molar-refractivity contribution in [3.05, 3.63) is 48.2 Å². The van der Waals surface area contributed by atoms with Gasteiger partial charge in [0.15, 0.2) is 0 Å². The molecule has 1 aliphatic carbocycles. The molecule has 0 aliphatic heterocycles. The highest BCUT2D eigenvalue weighted by Crippen LogP contribution is 2.29. The third-order valence-corrected chi connectivity index (χ3v) is 5.11. The van der Waals surface area contributed by atoms with Gasteiger partial charge in [-0.3, -0.25) is 5.32 Å². The lowest BCUT2D eigenvalue weighted by Gasteiger charge is -2.31. The number of carbonyl (C=O) groups is 1. The maximum Gasteiger partial charge on any atom is 0.320 e. The average Bonchev–Trinajstić information content (AvgIpc) is 2.66. The number of nitrogens with one attached hydrogen (secondary N) is 2. The van der Waals surface area contributed by atoms with Gasteiger partial charge in [0.1, 0.15) is 11.6 Å². The first-order valence-electron chi connectivity index (χ1n) is 9.43. The van der Waals surface area contributed by atoms with E-state index in [0.717, 1.165) is 28.5 Å². The summed E-state index contributed by atoms with van der Waals surface area (Å²) in [7, 11) is 0. The number of urea groups is 1. The van der Waals surface area contributed by atoms with E-state index < -0.39 is 0 Å². The van der Waals surface area contributed by atoms with Crippen LogP contribution in [0.2, 0.25) is 0 Å². The van der Waals surface area contributed by atoms with Gasteiger partial charge in [0.25, 0.3) is 0 Å². The molecule has 7 nitrogen and oxygen atoms in total. The molecule has 0 unspecified atom stereocenters. The number of pyridine rings is 2. The Morgan fingerprint density at radius 1 is 1.29 bits per heavy atom. The van der Waals surface area contributed by atoms with Gasteiger partial charge in [-0.1, -0.05) is 31.2 Å². The maximum absolute atomic E-state index is 12.1. The second-order valence-corrected chi connectivity index (χ2v) is 7.11. The van der Waals surface area contributed by atoms with Crippen LogP contribution in [0, 0.1) is 0 Å². The van der Waals surface area contributed by atoms with Gasteiger partial charge < -0.3 is 16.2 Å². The SMILES string of the molecule is CCc1ccccc1-c1cc2cc(NC(=O)NC3CC(O)C3)ncc2c(N)n1. The number of fused-ring (bicyclic) bond motifs is 1. The normalized spacial score (nSPS) is 18.5. The molecule has 4 rings (SSSR count). The Morgan fingerprint density at radius 2 is 2.07 bits per heavy atom. The van der Waals surface area contributed by atoms with E-state index in [-0.39, 0.29) is 18.2 Å². The summed E-state index contributed by atoms with van der Waals surface area (Å²) in [5.41, 5.74) is 9.21. The van der Waals surface area contributed by atoms with Crippen molar-refractivity contribution in [2.45, 2.75) is 38.3 Å². The number of nitrogens with zero attached hydrogens (tertiary/aromatic N) is 2. The highest BCUT2D eigenvalue weighted by Gasteiger charge is 2.28. The monoisotopic (exact) mass is 377 g/mol. The number of aliphatic hydroxyl groups is 1. The van der Waals surface area contributed by atoms with E-state index in [2.05, 4.69) is 33.6 Å². The molecule has 2 amide bonds. The predicted molar refractivity (Wildman–Crippen MR) is 110 cm³/mol. The van der Waals surface area contributed by atoms with E-state index >= 15 is 0 Å². The summed E-state index contributed by atoms with van der Waals surface area (Å²) in [6.07, 6.45) is 3.37. The van der Waals surface area contributed by atoms with E-state index in [0.29, 0.717) is 24.5 Å². The fourth-order valence-electron chi connectivity index (χ4n) is 3.50. The van der Waals surface area contributed by atoms with Gasteiger partial charge in [0.2, 0.25) is 0 Å².